The van der Waals surface area contributed by atoms with Gasteiger partial charge in [0.2, 0.25) is 17.6 Å². The maximum Gasteiger partial charge on any atom is 1.00 e. The molecule has 20 heteroatoms. The molecule has 0 saturated carbocycles. The van der Waals surface area contributed by atoms with Gasteiger partial charge < -0.3 is 41.6 Å². The first-order valence-corrected chi connectivity index (χ1v) is 21.1. The fraction of sp³-hybridized carbons (Fsp3) is 0.375. The number of amides is 2. The fourth-order valence-electron chi connectivity index (χ4n) is 7.05. The Morgan fingerprint density at radius 2 is 1.26 bits per heavy atom. The van der Waals surface area contributed by atoms with Crippen molar-refractivity contribution < 1.29 is 144 Å². The molecule has 0 aliphatic carbocycles. The third kappa shape index (κ3) is 22.3. The van der Waals surface area contributed by atoms with E-state index in [4.69, 9.17) is 9.84 Å². The number of carboxylic acid groups (broad SMARTS) is 2. The third-order valence-electron chi connectivity index (χ3n) is 10.2. The third-order valence-corrected chi connectivity index (χ3v) is 10.2. The van der Waals surface area contributed by atoms with Crippen molar-refractivity contribution in [1.29, 1.82) is 0 Å². The first-order valence-electron chi connectivity index (χ1n) is 21.1. The van der Waals surface area contributed by atoms with Crippen LogP contribution in [0.3, 0.4) is 0 Å². The van der Waals surface area contributed by atoms with Crippen LogP contribution in [0.1, 0.15) is 84.3 Å². The Morgan fingerprint density at radius 1 is 0.706 bits per heavy atom. The molecule has 1 aromatic heterocycles. The predicted molar refractivity (Wildman–Crippen MR) is 247 cm³/mol. The van der Waals surface area contributed by atoms with E-state index in [-0.39, 0.29) is 160 Å². The largest absolute Gasteiger partial charge is 1.00 e. The zero-order chi connectivity index (χ0) is 45.0. The number of nitrogens with one attached hydrogen (secondary N) is 2. The summed E-state index contributed by atoms with van der Waals surface area (Å²) in [5, 5.41) is 35.7. The van der Waals surface area contributed by atoms with Crippen molar-refractivity contribution >= 4 is 29.7 Å². The van der Waals surface area contributed by atoms with E-state index in [0.717, 1.165) is 51.8 Å². The number of ether oxygens (including phenoxy) is 1. The smallest absolute Gasteiger partial charge is 0.481 e. The number of hydrogen-bond donors (Lipinski definition) is 4. The Hall–Kier alpha value is -3.82. The monoisotopic (exact) mass is 969 g/mol. The molecule has 352 valence electrons. The summed E-state index contributed by atoms with van der Waals surface area (Å²) >= 11 is 0. The molecule has 0 spiro atoms. The van der Waals surface area contributed by atoms with E-state index >= 15 is 0 Å². The van der Waals surface area contributed by atoms with Gasteiger partial charge in [0.05, 0.1) is 18.9 Å². The van der Waals surface area contributed by atoms with Crippen molar-refractivity contribution in [2.45, 2.75) is 98.2 Å². The van der Waals surface area contributed by atoms with Gasteiger partial charge in [0, 0.05) is 31.0 Å². The molecule has 0 radical (unpaired) electrons. The number of carboxylic acids is 2. The molecule has 2 amide bonds. The fourth-order valence-corrected chi connectivity index (χ4v) is 7.05. The maximum atomic E-state index is 12.9. The van der Waals surface area contributed by atoms with Crippen LogP contribution in [0.2, 0.25) is 0 Å². The zero-order valence-corrected chi connectivity index (χ0v) is 46.6. The van der Waals surface area contributed by atoms with Crippen LogP contribution in [-0.2, 0) is 41.7 Å². The molecule has 0 unspecified atom stereocenters. The van der Waals surface area contributed by atoms with Crippen LogP contribution in [-0.4, -0.2) is 101 Å². The predicted octanol–water partition coefficient (Wildman–Crippen LogP) is -3.47. The average Bonchev–Trinajstić information content (AvgIpc) is 3.81. The summed E-state index contributed by atoms with van der Waals surface area (Å²) in [6.45, 7) is 9.76. The molecule has 0 saturated heterocycles. The molecule has 0 aliphatic heterocycles. The molecule has 68 heavy (non-hydrogen) atoms. The van der Waals surface area contributed by atoms with E-state index < -0.39 is 18.0 Å². The number of hydrogen-bond acceptors (Lipinski definition) is 9. The van der Waals surface area contributed by atoms with Crippen LogP contribution in [0.15, 0.2) is 103 Å². The Balaban J connectivity index is -0.00000114. The second kappa shape index (κ2) is 36.2. The summed E-state index contributed by atoms with van der Waals surface area (Å²) in [4.78, 5) is 61.2. The van der Waals surface area contributed by atoms with E-state index in [2.05, 4.69) is 25.9 Å². The summed E-state index contributed by atoms with van der Waals surface area (Å²) in [6.07, 6.45) is 2.61. The molecule has 1 heterocycles. The summed E-state index contributed by atoms with van der Waals surface area (Å²) in [7, 11) is 0. The normalized spacial score (nSPS) is 11.2. The minimum atomic E-state index is -1.02. The number of aliphatic carboxylic acids is 2. The van der Waals surface area contributed by atoms with Crippen LogP contribution in [0.5, 0.6) is 0 Å². The molecule has 0 aliphatic rings. The minimum Gasteiger partial charge on any atom is -0.481 e. The van der Waals surface area contributed by atoms with Gasteiger partial charge in [0.1, 0.15) is 6.04 Å². The van der Waals surface area contributed by atoms with E-state index in [1.165, 1.54) is 4.90 Å². The minimum absolute atomic E-state index is 0. The second-order valence-corrected chi connectivity index (χ2v) is 15.4. The number of carbonyl (C=O) groups is 5. The Kier molecular flexibility index (Phi) is 36.4. The van der Waals surface area contributed by atoms with Crippen molar-refractivity contribution in [3.63, 3.8) is 0 Å². The van der Waals surface area contributed by atoms with Crippen LogP contribution in [0, 0.1) is 11.8 Å². The Labute approximate surface area is 464 Å². The first kappa shape index (κ1) is 68.4. The van der Waals surface area contributed by atoms with E-state index in [9.17, 15) is 29.1 Å². The van der Waals surface area contributed by atoms with E-state index in [1.54, 1.807) is 13.8 Å². The van der Waals surface area contributed by atoms with E-state index in [0.29, 0.717) is 31.7 Å². The van der Waals surface area contributed by atoms with Gasteiger partial charge in [-0.2, -0.15) is 5.21 Å². The summed E-state index contributed by atoms with van der Waals surface area (Å²) in [5.74, 6) is -2.81. The number of tetrazole rings is 1. The number of aromatic amines is 1. The van der Waals surface area contributed by atoms with Gasteiger partial charge in [-0.3, -0.25) is 19.2 Å². The Bertz CT molecular complexity index is 2200. The number of unbranched alkanes of at least 4 members (excludes halogenated alkanes) is 1. The molecule has 3 atom stereocenters. The zero-order valence-electron chi connectivity index (χ0n) is 40.6. The quantitative estimate of drug-likeness (QED) is 0.0414. The summed E-state index contributed by atoms with van der Waals surface area (Å²) in [5.41, 5.74) is 6.91. The number of benzene rings is 4. The van der Waals surface area contributed by atoms with Crippen molar-refractivity contribution in [1.82, 2.24) is 30.8 Å². The van der Waals surface area contributed by atoms with Crippen LogP contribution in [0.4, 0.5) is 0 Å². The second-order valence-electron chi connectivity index (χ2n) is 15.4. The topological polar surface area (TPSA) is 299 Å². The molecule has 5 aromatic rings. The van der Waals surface area contributed by atoms with Gasteiger partial charge >= 0.3 is 107 Å². The van der Waals surface area contributed by atoms with Crippen LogP contribution in [0.25, 0.3) is 33.6 Å². The standard InChI is InChI=1S/C24H29N5O3.C24H29NO5.3Na.3H2O/c1-4-5-10-21(30)29(22(16(2)3)24(31)32)15-17-11-13-18(14-12-17)19-8-6-7-9-20(19)23-25-27-28-26-23;1-3-30-24(29)17(2)15-21(25-22(26)13-14-23(27)28)16-18-9-11-20(12-10-18)19-7-5-4-6-8-19;;;;;;/h6-9,11-14,16,22H,4-5,10,15H2,1-3H3,(H,31,32)(H,25,26,27,28);4-12,17,21H,3,13-16H2,1-2H3,(H,25,26)(H,27,28);;;;3*1H2/q;;3*+1;;;/t22-;17-,21+;;;;;;/m01....../s1. The van der Waals surface area contributed by atoms with Crippen molar-refractivity contribution in [2.24, 2.45) is 11.8 Å². The maximum absolute atomic E-state index is 12.9. The number of esters is 1. The van der Waals surface area contributed by atoms with Crippen LogP contribution >= 0.6 is 0 Å². The van der Waals surface area contributed by atoms with Gasteiger partial charge in [-0.05, 0) is 70.7 Å². The molecular weight excluding hydrogens is 906 g/mol. The van der Waals surface area contributed by atoms with Gasteiger partial charge in [-0.1, -0.05) is 137 Å². The molecular formula is C48H64N6Na3O11+3. The molecule has 0 bridgehead atoms. The van der Waals surface area contributed by atoms with Gasteiger partial charge in [-0.15, -0.1) is 10.2 Å². The first-order chi connectivity index (χ1) is 29.8. The number of aromatic nitrogens is 4. The van der Waals surface area contributed by atoms with E-state index in [1.807, 2.05) is 124 Å². The van der Waals surface area contributed by atoms with Crippen molar-refractivity contribution in [2.75, 3.05) is 6.61 Å². The number of carbonyl (C=O) groups excluding carboxylic acids is 3. The molecule has 10 N–H and O–H groups in total. The molecule has 0 fully saturated rings. The molecule has 4 aromatic carbocycles. The van der Waals surface area contributed by atoms with Gasteiger partial charge in [-0.25, -0.2) is 4.79 Å². The SMILES string of the molecule is CCCCC(=O)N(Cc1ccc(-c2ccccc2-c2nn[nH]n2)cc1)[C@H](C(=O)O)C(C)C.CCOC(=O)[C@H](C)C[C@@H](Cc1ccc(-c2ccccc2)cc1)NC(=O)CCC(=O)O.O.O.O.[Na+].[Na+].[Na+]. The molecule has 17 nitrogen and oxygen atoms in total. The Morgan fingerprint density at radius 3 is 1.79 bits per heavy atom. The summed E-state index contributed by atoms with van der Waals surface area (Å²) in [6, 6.07) is 32.5. The van der Waals surface area contributed by atoms with Gasteiger partial charge in [0.25, 0.3) is 0 Å². The number of H-pyrrole nitrogens is 1. The summed E-state index contributed by atoms with van der Waals surface area (Å²) < 4.78 is 5.07. The average molecular weight is 970 g/mol. The number of rotatable bonds is 21. The number of nitrogens with zero attached hydrogens (tertiary/aromatic N) is 4. The van der Waals surface area contributed by atoms with Crippen molar-refractivity contribution in [3.8, 4) is 33.6 Å². The van der Waals surface area contributed by atoms with Gasteiger partial charge in [0.15, 0.2) is 0 Å². The van der Waals surface area contributed by atoms with Crippen LogP contribution < -0.4 is 94.0 Å². The molecule has 5 rings (SSSR count). The van der Waals surface area contributed by atoms with Crippen molar-refractivity contribution in [3.05, 3.63) is 114 Å².